The standard InChI is InChI=1S/C10H18N2O/c1-11-6-2-4-10(8-11)5-3-7-12(10)9-13/h9H,2-8H2,1H3. The summed E-state index contributed by atoms with van der Waals surface area (Å²) in [4.78, 5) is 15.3. The van der Waals surface area contributed by atoms with Crippen LogP contribution in [0.25, 0.3) is 0 Å². The first-order chi connectivity index (χ1) is 6.27. The number of rotatable bonds is 1. The van der Waals surface area contributed by atoms with Crippen molar-refractivity contribution in [2.45, 2.75) is 31.2 Å². The molecule has 0 aromatic rings. The average Bonchev–Trinajstić information content (AvgIpc) is 2.47. The zero-order valence-corrected chi connectivity index (χ0v) is 8.33. The van der Waals surface area contributed by atoms with Crippen LogP contribution in [0.5, 0.6) is 0 Å². The maximum Gasteiger partial charge on any atom is 0.210 e. The van der Waals surface area contributed by atoms with Gasteiger partial charge in [0.25, 0.3) is 0 Å². The molecule has 0 saturated carbocycles. The predicted molar refractivity (Wildman–Crippen MR) is 51.5 cm³/mol. The van der Waals surface area contributed by atoms with Gasteiger partial charge >= 0.3 is 0 Å². The Balaban J connectivity index is 2.12. The van der Waals surface area contributed by atoms with Crippen molar-refractivity contribution in [2.75, 3.05) is 26.7 Å². The number of hydrogen-bond donors (Lipinski definition) is 0. The Morgan fingerprint density at radius 3 is 2.54 bits per heavy atom. The van der Waals surface area contributed by atoms with E-state index in [0.29, 0.717) is 0 Å². The van der Waals surface area contributed by atoms with Gasteiger partial charge in [-0.15, -0.1) is 0 Å². The predicted octanol–water partition coefficient (Wildman–Crippen LogP) is 0.703. The molecule has 1 atom stereocenters. The maximum absolute atomic E-state index is 10.9. The fraction of sp³-hybridized carbons (Fsp3) is 0.900. The number of piperidine rings is 1. The van der Waals surface area contributed by atoms with E-state index in [2.05, 4.69) is 11.9 Å². The zero-order chi connectivity index (χ0) is 9.31. The molecule has 1 unspecified atom stereocenters. The SMILES string of the molecule is CN1CCCC2(CCCN2C=O)C1. The van der Waals surface area contributed by atoms with Crippen LogP contribution >= 0.6 is 0 Å². The summed E-state index contributed by atoms with van der Waals surface area (Å²) in [5.41, 5.74) is 0.203. The molecule has 3 nitrogen and oxygen atoms in total. The van der Waals surface area contributed by atoms with Crippen molar-refractivity contribution >= 4 is 6.41 Å². The lowest BCUT2D eigenvalue weighted by Crippen LogP contribution is -2.54. The molecule has 2 saturated heterocycles. The quantitative estimate of drug-likeness (QED) is 0.557. The molecule has 0 aromatic heterocycles. The molecule has 74 valence electrons. The van der Waals surface area contributed by atoms with E-state index in [1.54, 1.807) is 0 Å². The van der Waals surface area contributed by atoms with Crippen molar-refractivity contribution in [1.29, 1.82) is 0 Å². The summed E-state index contributed by atoms with van der Waals surface area (Å²) >= 11 is 0. The molecule has 0 aromatic carbocycles. The number of carbonyl (C=O) groups is 1. The molecule has 0 N–H and O–H groups in total. The average molecular weight is 182 g/mol. The van der Waals surface area contributed by atoms with Gasteiger partial charge in [0, 0.05) is 13.1 Å². The molecule has 0 aliphatic carbocycles. The van der Waals surface area contributed by atoms with Crippen LogP contribution < -0.4 is 0 Å². The highest BCUT2D eigenvalue weighted by atomic mass is 16.1. The minimum absolute atomic E-state index is 0.203. The van der Waals surface area contributed by atoms with Crippen LogP contribution in [-0.2, 0) is 4.79 Å². The van der Waals surface area contributed by atoms with E-state index in [0.717, 1.165) is 19.5 Å². The molecule has 0 bridgehead atoms. The maximum atomic E-state index is 10.9. The first-order valence-corrected chi connectivity index (χ1v) is 5.17. The van der Waals surface area contributed by atoms with E-state index in [1.165, 1.54) is 32.2 Å². The molecule has 3 heteroatoms. The fourth-order valence-electron chi connectivity index (χ4n) is 2.90. The van der Waals surface area contributed by atoms with Gasteiger partial charge in [-0.2, -0.15) is 0 Å². The molecule has 13 heavy (non-hydrogen) atoms. The molecule has 2 rings (SSSR count). The largest absolute Gasteiger partial charge is 0.338 e. The minimum atomic E-state index is 0.203. The summed E-state index contributed by atoms with van der Waals surface area (Å²) in [7, 11) is 2.15. The van der Waals surface area contributed by atoms with Gasteiger partial charge in [0.2, 0.25) is 6.41 Å². The second kappa shape index (κ2) is 3.29. The topological polar surface area (TPSA) is 23.6 Å². The van der Waals surface area contributed by atoms with Gasteiger partial charge in [-0.05, 0) is 39.3 Å². The van der Waals surface area contributed by atoms with Crippen LogP contribution in [0.2, 0.25) is 0 Å². The third-order valence-electron chi connectivity index (χ3n) is 3.52. The molecule has 2 aliphatic heterocycles. The molecule has 1 amide bonds. The number of likely N-dealkylation sites (tertiary alicyclic amines) is 2. The van der Waals surface area contributed by atoms with Crippen molar-refractivity contribution in [3.63, 3.8) is 0 Å². The van der Waals surface area contributed by atoms with Crippen molar-refractivity contribution in [3.05, 3.63) is 0 Å². The summed E-state index contributed by atoms with van der Waals surface area (Å²) in [6.07, 6.45) is 5.88. The Morgan fingerprint density at radius 2 is 1.92 bits per heavy atom. The first-order valence-electron chi connectivity index (χ1n) is 5.17. The lowest BCUT2D eigenvalue weighted by molar-refractivity contribution is -0.123. The van der Waals surface area contributed by atoms with Crippen molar-refractivity contribution < 1.29 is 4.79 Å². The van der Waals surface area contributed by atoms with Gasteiger partial charge in [-0.25, -0.2) is 0 Å². The first kappa shape index (κ1) is 9.00. The Morgan fingerprint density at radius 1 is 1.23 bits per heavy atom. The van der Waals surface area contributed by atoms with Crippen LogP contribution in [0.1, 0.15) is 25.7 Å². The van der Waals surface area contributed by atoms with E-state index in [1.807, 2.05) is 4.90 Å². The molecule has 1 spiro atoms. The summed E-state index contributed by atoms with van der Waals surface area (Å²) in [6, 6.07) is 0. The number of likely N-dealkylation sites (N-methyl/N-ethyl adjacent to an activating group) is 1. The van der Waals surface area contributed by atoms with Crippen LogP contribution in [0.15, 0.2) is 0 Å². The van der Waals surface area contributed by atoms with Gasteiger partial charge in [0.15, 0.2) is 0 Å². The summed E-state index contributed by atoms with van der Waals surface area (Å²) in [5.74, 6) is 0. The molecule has 2 aliphatic rings. The Bertz CT molecular complexity index is 207. The molecular weight excluding hydrogens is 164 g/mol. The molecule has 2 heterocycles. The van der Waals surface area contributed by atoms with Crippen LogP contribution in [0.4, 0.5) is 0 Å². The Hall–Kier alpha value is -0.570. The van der Waals surface area contributed by atoms with E-state index in [-0.39, 0.29) is 5.54 Å². The van der Waals surface area contributed by atoms with Gasteiger partial charge in [0.1, 0.15) is 0 Å². The Labute approximate surface area is 79.7 Å². The highest BCUT2D eigenvalue weighted by molar-refractivity contribution is 5.50. The smallest absolute Gasteiger partial charge is 0.210 e. The zero-order valence-electron chi connectivity index (χ0n) is 8.33. The van der Waals surface area contributed by atoms with Crippen LogP contribution in [0, 0.1) is 0 Å². The summed E-state index contributed by atoms with van der Waals surface area (Å²) in [5, 5.41) is 0. The lowest BCUT2D eigenvalue weighted by Gasteiger charge is -2.43. The number of carbonyl (C=O) groups excluding carboxylic acids is 1. The van der Waals surface area contributed by atoms with Gasteiger partial charge in [-0.1, -0.05) is 0 Å². The molecule has 0 radical (unpaired) electrons. The number of nitrogens with zero attached hydrogens (tertiary/aromatic N) is 2. The van der Waals surface area contributed by atoms with Crippen LogP contribution in [0.3, 0.4) is 0 Å². The van der Waals surface area contributed by atoms with Gasteiger partial charge in [0.05, 0.1) is 5.54 Å². The van der Waals surface area contributed by atoms with E-state index in [4.69, 9.17) is 0 Å². The highest BCUT2D eigenvalue weighted by Gasteiger charge is 2.42. The van der Waals surface area contributed by atoms with Crippen molar-refractivity contribution in [2.24, 2.45) is 0 Å². The van der Waals surface area contributed by atoms with E-state index >= 15 is 0 Å². The molecular formula is C10H18N2O. The number of hydrogen-bond acceptors (Lipinski definition) is 2. The lowest BCUT2D eigenvalue weighted by atomic mass is 9.87. The normalized spacial score (nSPS) is 35.6. The fourth-order valence-corrected chi connectivity index (χ4v) is 2.90. The van der Waals surface area contributed by atoms with E-state index < -0.39 is 0 Å². The highest BCUT2D eigenvalue weighted by Crippen LogP contribution is 2.35. The third-order valence-corrected chi connectivity index (χ3v) is 3.52. The van der Waals surface area contributed by atoms with Crippen molar-refractivity contribution in [3.8, 4) is 0 Å². The van der Waals surface area contributed by atoms with Crippen molar-refractivity contribution in [1.82, 2.24) is 9.80 Å². The second-order valence-electron chi connectivity index (χ2n) is 4.47. The van der Waals surface area contributed by atoms with E-state index in [9.17, 15) is 4.79 Å². The third kappa shape index (κ3) is 1.46. The minimum Gasteiger partial charge on any atom is -0.338 e. The van der Waals surface area contributed by atoms with Crippen LogP contribution in [-0.4, -0.2) is 48.4 Å². The monoisotopic (exact) mass is 182 g/mol. The summed E-state index contributed by atoms with van der Waals surface area (Å²) in [6.45, 7) is 3.23. The number of amides is 1. The molecule has 2 fully saturated rings. The van der Waals surface area contributed by atoms with Gasteiger partial charge in [-0.3, -0.25) is 4.79 Å². The van der Waals surface area contributed by atoms with Gasteiger partial charge < -0.3 is 9.80 Å². The Kier molecular flexibility index (Phi) is 2.28. The second-order valence-corrected chi connectivity index (χ2v) is 4.47. The summed E-state index contributed by atoms with van der Waals surface area (Å²) < 4.78 is 0.